The molecule has 20 heavy (non-hydrogen) atoms. The van der Waals surface area contributed by atoms with Gasteiger partial charge in [-0.3, -0.25) is 0 Å². The van der Waals surface area contributed by atoms with Crippen LogP contribution in [0.25, 0.3) is 0 Å². The van der Waals surface area contributed by atoms with Crippen molar-refractivity contribution in [1.82, 2.24) is 4.72 Å². The number of aromatic carboxylic acids is 1. The number of thiophene rings is 1. The Balaban J connectivity index is 2.25. The molecule has 0 saturated heterocycles. The number of nitrogens with one attached hydrogen (secondary N) is 1. The number of sulfonamides is 1. The van der Waals surface area contributed by atoms with Crippen LogP contribution in [0.2, 0.25) is 0 Å². The molecule has 0 unspecified atom stereocenters. The molecule has 8 heteroatoms. The average Bonchev–Trinajstić information content (AvgIpc) is 2.89. The molecular formula is C12H10BrNO4S2. The van der Waals surface area contributed by atoms with Crippen molar-refractivity contribution in [2.45, 2.75) is 11.4 Å². The Hall–Kier alpha value is -1.22. The topological polar surface area (TPSA) is 83.5 Å². The summed E-state index contributed by atoms with van der Waals surface area (Å²) in [6.45, 7) is 0.179. The fourth-order valence-electron chi connectivity index (χ4n) is 1.50. The van der Waals surface area contributed by atoms with Gasteiger partial charge in [-0.05, 0) is 45.6 Å². The van der Waals surface area contributed by atoms with Crippen molar-refractivity contribution < 1.29 is 18.3 Å². The Morgan fingerprint density at radius 1 is 1.35 bits per heavy atom. The van der Waals surface area contributed by atoms with Crippen LogP contribution in [-0.4, -0.2) is 19.5 Å². The van der Waals surface area contributed by atoms with Crippen molar-refractivity contribution in [3.05, 3.63) is 50.6 Å². The fourth-order valence-corrected chi connectivity index (χ4v) is 3.68. The lowest BCUT2D eigenvalue weighted by Crippen LogP contribution is -2.23. The largest absolute Gasteiger partial charge is 0.478 e. The summed E-state index contributed by atoms with van der Waals surface area (Å²) < 4.78 is 27.0. The van der Waals surface area contributed by atoms with Crippen molar-refractivity contribution in [2.24, 2.45) is 0 Å². The van der Waals surface area contributed by atoms with Crippen molar-refractivity contribution in [3.8, 4) is 0 Å². The minimum Gasteiger partial charge on any atom is -0.478 e. The van der Waals surface area contributed by atoms with Crippen LogP contribution < -0.4 is 4.72 Å². The van der Waals surface area contributed by atoms with E-state index >= 15 is 0 Å². The molecule has 2 rings (SSSR count). The van der Waals surface area contributed by atoms with Gasteiger partial charge in [-0.2, -0.15) is 0 Å². The van der Waals surface area contributed by atoms with Gasteiger partial charge in [0.1, 0.15) is 0 Å². The SMILES string of the molecule is O=C(O)c1cc(S(=O)(=O)NCc2cccs2)ccc1Br. The van der Waals surface area contributed by atoms with Gasteiger partial charge in [0, 0.05) is 15.9 Å². The standard InChI is InChI=1S/C12H10BrNO4S2/c13-11-4-3-9(6-10(11)12(15)16)20(17,18)14-7-8-2-1-5-19-8/h1-6,14H,7H2,(H,15,16). The Morgan fingerprint density at radius 3 is 2.70 bits per heavy atom. The van der Waals surface area contributed by atoms with Gasteiger partial charge < -0.3 is 5.11 Å². The highest BCUT2D eigenvalue weighted by Gasteiger charge is 2.18. The van der Waals surface area contributed by atoms with Gasteiger partial charge in [-0.1, -0.05) is 6.07 Å². The molecule has 0 amide bonds. The first-order valence-electron chi connectivity index (χ1n) is 5.45. The van der Waals surface area contributed by atoms with Crippen LogP contribution in [0.5, 0.6) is 0 Å². The summed E-state index contributed by atoms with van der Waals surface area (Å²) in [5.74, 6) is -1.19. The summed E-state index contributed by atoms with van der Waals surface area (Å²) in [5.41, 5.74) is -0.0935. The van der Waals surface area contributed by atoms with Crippen LogP contribution in [0.1, 0.15) is 15.2 Å². The fraction of sp³-hybridized carbons (Fsp3) is 0.0833. The summed E-state index contributed by atoms with van der Waals surface area (Å²) in [4.78, 5) is 11.8. The maximum absolute atomic E-state index is 12.1. The van der Waals surface area contributed by atoms with Gasteiger partial charge >= 0.3 is 5.97 Å². The summed E-state index contributed by atoms with van der Waals surface area (Å²) >= 11 is 4.51. The van der Waals surface area contributed by atoms with Crippen LogP contribution >= 0.6 is 27.3 Å². The van der Waals surface area contributed by atoms with Crippen molar-refractivity contribution in [2.75, 3.05) is 0 Å². The number of rotatable bonds is 5. The average molecular weight is 376 g/mol. The first kappa shape index (κ1) is 15.2. The highest BCUT2D eigenvalue weighted by Crippen LogP contribution is 2.21. The number of carboxylic acid groups (broad SMARTS) is 1. The first-order valence-corrected chi connectivity index (χ1v) is 8.60. The first-order chi connectivity index (χ1) is 9.40. The second kappa shape index (κ2) is 6.04. The predicted octanol–water partition coefficient (Wildman–Crippen LogP) is 2.69. The van der Waals surface area contributed by atoms with E-state index in [4.69, 9.17) is 5.11 Å². The maximum atomic E-state index is 12.1. The molecule has 1 aromatic heterocycles. The monoisotopic (exact) mass is 375 g/mol. The molecule has 0 radical (unpaired) electrons. The van der Waals surface area contributed by atoms with Gasteiger partial charge in [0.25, 0.3) is 0 Å². The zero-order valence-electron chi connectivity index (χ0n) is 10.0. The van der Waals surface area contributed by atoms with Crippen molar-refractivity contribution in [1.29, 1.82) is 0 Å². The highest BCUT2D eigenvalue weighted by molar-refractivity contribution is 9.10. The lowest BCUT2D eigenvalue weighted by atomic mass is 10.2. The van der Waals surface area contributed by atoms with Gasteiger partial charge in [-0.15, -0.1) is 11.3 Å². The third kappa shape index (κ3) is 3.45. The number of hydrogen-bond donors (Lipinski definition) is 2. The summed E-state index contributed by atoms with van der Waals surface area (Å²) in [6, 6.07) is 7.54. The number of halogens is 1. The minimum absolute atomic E-state index is 0.0744. The van der Waals surface area contributed by atoms with E-state index in [0.717, 1.165) is 10.9 Å². The second-order valence-corrected chi connectivity index (χ2v) is 7.50. The Bertz CT molecular complexity index is 726. The molecule has 2 N–H and O–H groups in total. The number of hydrogen-bond acceptors (Lipinski definition) is 4. The van der Waals surface area contributed by atoms with Gasteiger partial charge in [0.2, 0.25) is 10.0 Å². The van der Waals surface area contributed by atoms with Gasteiger partial charge in [0.15, 0.2) is 0 Å². The number of carbonyl (C=O) groups is 1. The van der Waals surface area contributed by atoms with Crippen molar-refractivity contribution in [3.63, 3.8) is 0 Å². The lowest BCUT2D eigenvalue weighted by Gasteiger charge is -2.07. The molecule has 106 valence electrons. The smallest absolute Gasteiger partial charge is 0.336 e. The molecule has 0 aliphatic rings. The minimum atomic E-state index is -3.74. The molecule has 2 aromatic rings. The molecule has 0 aliphatic heterocycles. The Kier molecular flexibility index (Phi) is 4.59. The van der Waals surface area contributed by atoms with E-state index in [1.807, 2.05) is 17.5 Å². The Morgan fingerprint density at radius 2 is 2.10 bits per heavy atom. The molecule has 1 heterocycles. The molecular weight excluding hydrogens is 366 g/mol. The lowest BCUT2D eigenvalue weighted by molar-refractivity contribution is 0.0695. The van der Waals surface area contributed by atoms with Crippen molar-refractivity contribution >= 4 is 43.3 Å². The van der Waals surface area contributed by atoms with E-state index < -0.39 is 16.0 Å². The number of carboxylic acids is 1. The van der Waals surface area contributed by atoms with Crippen LogP contribution in [-0.2, 0) is 16.6 Å². The number of benzene rings is 1. The third-order valence-electron chi connectivity index (χ3n) is 2.50. The zero-order valence-corrected chi connectivity index (χ0v) is 13.3. The summed E-state index contributed by atoms with van der Waals surface area (Å²) in [7, 11) is -3.74. The molecule has 1 aromatic carbocycles. The molecule has 0 aliphatic carbocycles. The van der Waals surface area contributed by atoms with Gasteiger partial charge in [0.05, 0.1) is 10.5 Å². The quantitative estimate of drug-likeness (QED) is 0.841. The predicted molar refractivity (Wildman–Crippen MR) is 79.4 cm³/mol. The van der Waals surface area contributed by atoms with Gasteiger partial charge in [-0.25, -0.2) is 17.9 Å². The van der Waals surface area contributed by atoms with E-state index in [-0.39, 0.29) is 17.0 Å². The third-order valence-corrected chi connectivity index (χ3v) is 5.46. The highest BCUT2D eigenvalue weighted by atomic mass is 79.9. The molecule has 0 atom stereocenters. The molecule has 0 spiro atoms. The van der Waals surface area contributed by atoms with E-state index in [2.05, 4.69) is 20.7 Å². The van der Waals surface area contributed by atoms with E-state index in [9.17, 15) is 13.2 Å². The molecule has 0 bridgehead atoms. The second-order valence-electron chi connectivity index (χ2n) is 3.85. The van der Waals surface area contributed by atoms with E-state index in [0.29, 0.717) is 4.47 Å². The summed E-state index contributed by atoms with van der Waals surface area (Å²) in [5, 5.41) is 10.8. The van der Waals surface area contributed by atoms with Crippen LogP contribution in [0.3, 0.4) is 0 Å². The van der Waals surface area contributed by atoms with E-state index in [1.54, 1.807) is 0 Å². The van der Waals surface area contributed by atoms with Crippen LogP contribution in [0.4, 0.5) is 0 Å². The normalized spacial score (nSPS) is 11.4. The van der Waals surface area contributed by atoms with Crippen LogP contribution in [0, 0.1) is 0 Å². The molecule has 0 saturated carbocycles. The zero-order chi connectivity index (χ0) is 14.8. The van der Waals surface area contributed by atoms with Crippen LogP contribution in [0.15, 0.2) is 45.1 Å². The van der Waals surface area contributed by atoms with E-state index in [1.165, 1.54) is 23.5 Å². The summed E-state index contributed by atoms with van der Waals surface area (Å²) in [6.07, 6.45) is 0. The Labute approximate surface area is 128 Å². The maximum Gasteiger partial charge on any atom is 0.336 e. The molecule has 5 nitrogen and oxygen atoms in total. The molecule has 0 fully saturated rings.